The number of nitrogens with zero attached hydrogens (tertiary/aromatic N) is 2. The van der Waals surface area contributed by atoms with Gasteiger partial charge >= 0.3 is 0 Å². The normalized spacial score (nSPS) is 9.67. The molecule has 1 N–H and O–H groups in total. The summed E-state index contributed by atoms with van der Waals surface area (Å²) in [7, 11) is 0. The lowest BCUT2D eigenvalue weighted by atomic mass is 10.5. The Labute approximate surface area is 70.6 Å². The van der Waals surface area contributed by atoms with Crippen LogP contribution in [0.5, 0.6) is 0 Å². The van der Waals surface area contributed by atoms with Crippen LogP contribution in [0.3, 0.4) is 0 Å². The Kier molecular flexibility index (Phi) is 1.78. The molecule has 2 aromatic rings. The zero-order valence-corrected chi connectivity index (χ0v) is 6.51. The van der Waals surface area contributed by atoms with E-state index in [4.69, 9.17) is 0 Å². The second-order valence-electron chi connectivity index (χ2n) is 2.42. The molecule has 0 spiro atoms. The van der Waals surface area contributed by atoms with Gasteiger partial charge in [-0.2, -0.15) is 0 Å². The van der Waals surface area contributed by atoms with Crippen LogP contribution < -0.4 is 5.43 Å². The molecule has 0 radical (unpaired) electrons. The highest BCUT2D eigenvalue weighted by Gasteiger charge is 1.89. The van der Waals surface area contributed by atoms with Gasteiger partial charge in [-0.05, 0) is 24.3 Å². The molecule has 0 aliphatic rings. The molecule has 2 aromatic heterocycles. The monoisotopic (exact) mass is 159 g/mol. The lowest BCUT2D eigenvalue weighted by Gasteiger charge is -2.04. The van der Waals surface area contributed by atoms with Gasteiger partial charge in [0.1, 0.15) is 5.82 Å². The Morgan fingerprint density at radius 1 is 1.08 bits per heavy atom. The van der Waals surface area contributed by atoms with Gasteiger partial charge in [-0.15, -0.1) is 0 Å². The summed E-state index contributed by atoms with van der Waals surface area (Å²) >= 11 is 0. The fraction of sp³-hybridized carbons (Fsp3) is 0. The van der Waals surface area contributed by atoms with E-state index in [1.165, 1.54) is 0 Å². The van der Waals surface area contributed by atoms with Gasteiger partial charge < -0.3 is 0 Å². The molecule has 2 heterocycles. The number of hydrogen-bond donors (Lipinski definition) is 1. The highest BCUT2D eigenvalue weighted by molar-refractivity contribution is 5.32. The van der Waals surface area contributed by atoms with Crippen LogP contribution in [0.1, 0.15) is 0 Å². The first-order valence-corrected chi connectivity index (χ1v) is 3.76. The molecule has 0 amide bonds. The molecule has 12 heavy (non-hydrogen) atoms. The maximum absolute atomic E-state index is 4.12. The Morgan fingerprint density at radius 3 is 2.58 bits per heavy atom. The molecule has 0 atom stereocenters. The van der Waals surface area contributed by atoms with Crippen molar-refractivity contribution in [3.8, 4) is 0 Å². The molecule has 2 rings (SSSR count). The molecule has 0 aliphatic carbocycles. The van der Waals surface area contributed by atoms with Crippen LogP contribution in [0.2, 0.25) is 0 Å². The van der Waals surface area contributed by atoms with E-state index in [0.29, 0.717) is 0 Å². The molecule has 0 bridgehead atoms. The Balaban J connectivity index is 2.15. The first-order valence-electron chi connectivity index (χ1n) is 3.76. The van der Waals surface area contributed by atoms with Crippen molar-refractivity contribution in [1.29, 1.82) is 0 Å². The summed E-state index contributed by atoms with van der Waals surface area (Å²) < 4.78 is 1.85. The van der Waals surface area contributed by atoms with Crippen molar-refractivity contribution in [2.45, 2.75) is 0 Å². The molecular weight excluding hydrogens is 150 g/mol. The van der Waals surface area contributed by atoms with Crippen molar-refractivity contribution < 1.29 is 0 Å². The maximum atomic E-state index is 4.12. The van der Waals surface area contributed by atoms with E-state index in [-0.39, 0.29) is 0 Å². The van der Waals surface area contributed by atoms with Crippen LogP contribution in [0.15, 0.2) is 48.9 Å². The van der Waals surface area contributed by atoms with Gasteiger partial charge in [0.15, 0.2) is 0 Å². The van der Waals surface area contributed by atoms with E-state index in [9.17, 15) is 0 Å². The first-order chi connectivity index (χ1) is 5.95. The zero-order chi connectivity index (χ0) is 8.23. The average Bonchev–Trinajstić information content (AvgIpc) is 2.59. The van der Waals surface area contributed by atoms with E-state index < -0.39 is 0 Å². The quantitative estimate of drug-likeness (QED) is 0.723. The van der Waals surface area contributed by atoms with Crippen LogP contribution in [0, 0.1) is 0 Å². The molecule has 0 unspecified atom stereocenters. The second kappa shape index (κ2) is 3.09. The number of nitrogens with one attached hydrogen (secondary N) is 1. The average molecular weight is 159 g/mol. The van der Waals surface area contributed by atoms with E-state index in [0.717, 1.165) is 5.82 Å². The van der Waals surface area contributed by atoms with Crippen molar-refractivity contribution in [2.75, 3.05) is 5.43 Å². The third kappa shape index (κ3) is 1.45. The van der Waals surface area contributed by atoms with E-state index in [1.807, 2.05) is 47.4 Å². The van der Waals surface area contributed by atoms with Crippen LogP contribution >= 0.6 is 0 Å². The standard InChI is InChI=1S/C9H9N3/c1-2-6-10-9(5-1)11-12-7-3-4-8-12/h1-8H,(H,10,11). The number of rotatable bonds is 2. The fourth-order valence-electron chi connectivity index (χ4n) is 0.970. The van der Waals surface area contributed by atoms with Crippen LogP contribution in [-0.2, 0) is 0 Å². The lowest BCUT2D eigenvalue weighted by molar-refractivity contribution is 0.953. The van der Waals surface area contributed by atoms with Gasteiger partial charge in [0.2, 0.25) is 0 Å². The van der Waals surface area contributed by atoms with Crippen LogP contribution in [0.4, 0.5) is 5.82 Å². The molecular formula is C9H9N3. The smallest absolute Gasteiger partial charge is 0.144 e. The summed E-state index contributed by atoms with van der Waals surface area (Å²) in [5, 5.41) is 0. The molecule has 0 saturated heterocycles. The summed E-state index contributed by atoms with van der Waals surface area (Å²) in [4.78, 5) is 4.12. The third-order valence-corrected chi connectivity index (χ3v) is 1.51. The minimum absolute atomic E-state index is 0.841. The SMILES string of the molecule is c1ccc(Nn2cccc2)nc1. The van der Waals surface area contributed by atoms with Gasteiger partial charge in [-0.3, -0.25) is 10.1 Å². The van der Waals surface area contributed by atoms with Crippen molar-refractivity contribution in [3.05, 3.63) is 48.9 Å². The predicted octanol–water partition coefficient (Wildman–Crippen LogP) is 1.76. The minimum Gasteiger partial charge on any atom is -0.278 e. The van der Waals surface area contributed by atoms with Gasteiger partial charge in [-0.1, -0.05) is 6.07 Å². The summed E-state index contributed by atoms with van der Waals surface area (Å²) in [6, 6.07) is 9.66. The van der Waals surface area contributed by atoms with E-state index in [2.05, 4.69) is 10.4 Å². The Bertz CT molecular complexity index is 326. The first kappa shape index (κ1) is 6.91. The molecule has 3 nitrogen and oxygen atoms in total. The molecule has 0 fully saturated rings. The van der Waals surface area contributed by atoms with Gasteiger partial charge in [0.05, 0.1) is 0 Å². The largest absolute Gasteiger partial charge is 0.278 e. The van der Waals surface area contributed by atoms with Crippen molar-refractivity contribution >= 4 is 5.82 Å². The number of hydrogen-bond acceptors (Lipinski definition) is 2. The lowest BCUT2D eigenvalue weighted by Crippen LogP contribution is -2.06. The van der Waals surface area contributed by atoms with Crippen molar-refractivity contribution in [1.82, 2.24) is 9.66 Å². The number of aromatic nitrogens is 2. The van der Waals surface area contributed by atoms with Crippen molar-refractivity contribution in [3.63, 3.8) is 0 Å². The molecule has 3 heteroatoms. The highest BCUT2D eigenvalue weighted by atomic mass is 15.4. The Hall–Kier alpha value is -1.77. The fourth-order valence-corrected chi connectivity index (χ4v) is 0.970. The summed E-state index contributed by atoms with van der Waals surface area (Å²) in [5.41, 5.74) is 3.09. The molecule has 0 saturated carbocycles. The van der Waals surface area contributed by atoms with Crippen LogP contribution in [-0.4, -0.2) is 9.66 Å². The van der Waals surface area contributed by atoms with Gasteiger partial charge in [0, 0.05) is 18.6 Å². The predicted molar refractivity (Wildman–Crippen MR) is 47.7 cm³/mol. The second-order valence-corrected chi connectivity index (χ2v) is 2.42. The maximum Gasteiger partial charge on any atom is 0.144 e. The molecule has 0 aromatic carbocycles. The van der Waals surface area contributed by atoms with Crippen molar-refractivity contribution in [2.24, 2.45) is 0 Å². The van der Waals surface area contributed by atoms with Gasteiger partial charge in [0.25, 0.3) is 0 Å². The van der Waals surface area contributed by atoms with E-state index in [1.54, 1.807) is 6.20 Å². The summed E-state index contributed by atoms with van der Waals surface area (Å²) in [6.07, 6.45) is 5.61. The van der Waals surface area contributed by atoms with Gasteiger partial charge in [-0.25, -0.2) is 4.98 Å². The molecule has 0 aliphatic heterocycles. The van der Waals surface area contributed by atoms with Crippen LogP contribution in [0.25, 0.3) is 0 Å². The summed E-state index contributed by atoms with van der Waals surface area (Å²) in [5.74, 6) is 0.841. The van der Waals surface area contributed by atoms with E-state index >= 15 is 0 Å². The Morgan fingerprint density at radius 2 is 1.92 bits per heavy atom. The topological polar surface area (TPSA) is 29.9 Å². The summed E-state index contributed by atoms with van der Waals surface area (Å²) in [6.45, 7) is 0. The number of anilines is 1. The molecule has 60 valence electrons. The zero-order valence-electron chi connectivity index (χ0n) is 6.51. The minimum atomic E-state index is 0.841. The number of pyridine rings is 1. The highest BCUT2D eigenvalue weighted by Crippen LogP contribution is 2.00. The third-order valence-electron chi connectivity index (χ3n) is 1.51.